The van der Waals surface area contributed by atoms with Crippen LogP contribution in [0, 0.1) is 13.8 Å². The van der Waals surface area contributed by atoms with Gasteiger partial charge in [0, 0.05) is 31.1 Å². The van der Waals surface area contributed by atoms with Gasteiger partial charge in [-0.3, -0.25) is 14.6 Å². The number of aromatic nitrogens is 1. The van der Waals surface area contributed by atoms with E-state index in [2.05, 4.69) is 4.98 Å². The van der Waals surface area contributed by atoms with E-state index in [1.165, 1.54) is 4.90 Å². The van der Waals surface area contributed by atoms with Crippen LogP contribution < -0.4 is 0 Å². The monoisotopic (exact) mass is 408 g/mol. The highest BCUT2D eigenvalue weighted by Gasteiger charge is 2.45. The molecular formula is C24H28N2O4. The number of hydrogen-bond acceptors (Lipinski definition) is 5. The fourth-order valence-electron chi connectivity index (χ4n) is 3.59. The molecule has 1 fully saturated rings. The van der Waals surface area contributed by atoms with E-state index in [9.17, 15) is 14.7 Å². The minimum atomic E-state index is -0.681. The fourth-order valence-corrected chi connectivity index (χ4v) is 3.59. The number of likely N-dealkylation sites (tertiary alicyclic amines) is 1. The van der Waals surface area contributed by atoms with Crippen molar-refractivity contribution in [2.75, 3.05) is 13.2 Å². The molecule has 1 aliphatic rings. The van der Waals surface area contributed by atoms with E-state index in [1.54, 1.807) is 24.5 Å². The summed E-state index contributed by atoms with van der Waals surface area (Å²) in [5, 5.41) is 11.1. The van der Waals surface area contributed by atoms with Gasteiger partial charge in [-0.25, -0.2) is 0 Å². The Balaban J connectivity index is 2.02. The van der Waals surface area contributed by atoms with E-state index < -0.39 is 17.7 Å². The van der Waals surface area contributed by atoms with Crippen LogP contribution in [0.2, 0.25) is 0 Å². The Morgan fingerprint density at radius 1 is 1.20 bits per heavy atom. The molecule has 1 aliphatic heterocycles. The van der Waals surface area contributed by atoms with Gasteiger partial charge in [-0.1, -0.05) is 18.2 Å². The van der Waals surface area contributed by atoms with Crippen LogP contribution in [0.5, 0.6) is 0 Å². The van der Waals surface area contributed by atoms with E-state index in [-0.39, 0.29) is 17.4 Å². The molecule has 6 heteroatoms. The lowest BCUT2D eigenvalue weighted by atomic mass is 9.95. The summed E-state index contributed by atoms with van der Waals surface area (Å²) in [5.74, 6) is -1.45. The maximum Gasteiger partial charge on any atom is 0.295 e. The molecule has 0 radical (unpaired) electrons. The second-order valence-electron chi connectivity index (χ2n) is 7.85. The zero-order valence-corrected chi connectivity index (χ0v) is 17.9. The number of aliphatic hydroxyl groups excluding tert-OH is 1. The molecule has 0 spiro atoms. The van der Waals surface area contributed by atoms with Crippen molar-refractivity contribution in [2.24, 2.45) is 0 Å². The number of ketones is 1. The van der Waals surface area contributed by atoms with Crippen molar-refractivity contribution < 1.29 is 19.4 Å². The summed E-state index contributed by atoms with van der Waals surface area (Å²) in [6, 6.07) is 8.38. The second-order valence-corrected chi connectivity index (χ2v) is 7.85. The predicted octanol–water partition coefficient (Wildman–Crippen LogP) is 3.94. The summed E-state index contributed by atoms with van der Waals surface area (Å²) < 4.78 is 5.58. The summed E-state index contributed by atoms with van der Waals surface area (Å²) in [4.78, 5) is 31.5. The number of ether oxygens (including phenoxy) is 1. The third-order valence-corrected chi connectivity index (χ3v) is 5.31. The van der Waals surface area contributed by atoms with Gasteiger partial charge in [0.15, 0.2) is 0 Å². The Kier molecular flexibility index (Phi) is 6.67. The van der Waals surface area contributed by atoms with Gasteiger partial charge in [0.2, 0.25) is 0 Å². The van der Waals surface area contributed by atoms with Crippen molar-refractivity contribution in [2.45, 2.75) is 46.3 Å². The highest BCUT2D eigenvalue weighted by Crippen LogP contribution is 2.39. The van der Waals surface area contributed by atoms with Gasteiger partial charge < -0.3 is 14.7 Å². The zero-order valence-electron chi connectivity index (χ0n) is 17.9. The number of carbonyl (C=O) groups excluding carboxylic acids is 2. The normalized spacial score (nSPS) is 18.4. The van der Waals surface area contributed by atoms with Crippen LogP contribution in [0.25, 0.3) is 5.76 Å². The Morgan fingerprint density at radius 3 is 2.60 bits per heavy atom. The smallest absolute Gasteiger partial charge is 0.295 e. The second kappa shape index (κ2) is 9.22. The molecule has 2 aromatic rings. The minimum absolute atomic E-state index is 0.0966. The molecule has 30 heavy (non-hydrogen) atoms. The number of carbonyl (C=O) groups is 2. The Morgan fingerprint density at radius 2 is 1.97 bits per heavy atom. The van der Waals surface area contributed by atoms with Crippen LogP contribution >= 0.6 is 0 Å². The predicted molar refractivity (Wildman–Crippen MR) is 115 cm³/mol. The molecule has 2 heterocycles. The molecule has 1 aromatic carbocycles. The molecule has 158 valence electrons. The molecule has 1 N–H and O–H groups in total. The van der Waals surface area contributed by atoms with Crippen LogP contribution in [0.3, 0.4) is 0 Å². The number of pyridine rings is 1. The van der Waals surface area contributed by atoms with Crippen LogP contribution in [-0.4, -0.2) is 45.9 Å². The van der Waals surface area contributed by atoms with E-state index >= 15 is 0 Å². The zero-order chi connectivity index (χ0) is 21.8. The first-order valence-corrected chi connectivity index (χ1v) is 10.2. The molecule has 3 rings (SSSR count). The number of Topliss-reactive ketones (excluding diaryl/α,β-unsaturated/α-hetero) is 1. The largest absolute Gasteiger partial charge is 0.507 e. The van der Waals surface area contributed by atoms with E-state index in [4.69, 9.17) is 4.74 Å². The average Bonchev–Trinajstić information content (AvgIpc) is 2.98. The molecule has 0 saturated carbocycles. The van der Waals surface area contributed by atoms with Crippen LogP contribution in [0.15, 0.2) is 48.3 Å². The van der Waals surface area contributed by atoms with Gasteiger partial charge >= 0.3 is 0 Å². The quantitative estimate of drug-likeness (QED) is 0.325. The van der Waals surface area contributed by atoms with Crippen molar-refractivity contribution in [1.29, 1.82) is 0 Å². The Bertz CT molecular complexity index is 966. The third-order valence-electron chi connectivity index (χ3n) is 5.31. The van der Waals surface area contributed by atoms with Crippen LogP contribution in [-0.2, 0) is 14.3 Å². The first kappa shape index (κ1) is 21.7. The third kappa shape index (κ3) is 4.44. The topological polar surface area (TPSA) is 79.7 Å². The molecule has 0 bridgehead atoms. The van der Waals surface area contributed by atoms with Gasteiger partial charge in [0.1, 0.15) is 5.76 Å². The Labute approximate surface area is 177 Å². The van der Waals surface area contributed by atoms with Gasteiger partial charge in [-0.05, 0) is 62.9 Å². The lowest BCUT2D eigenvalue weighted by molar-refractivity contribution is -0.140. The van der Waals surface area contributed by atoms with Crippen LogP contribution in [0.4, 0.5) is 0 Å². The number of aryl methyl sites for hydroxylation is 2. The fraction of sp³-hybridized carbons (Fsp3) is 0.375. The molecule has 1 aromatic heterocycles. The standard InChI is InChI=1S/C24H28N2O4/c1-15(2)30-12-6-11-26-21(19-7-5-10-25-14-19)20(23(28)24(26)29)22(27)18-9-8-16(3)17(4)13-18/h5,7-10,13-15,21,27H,6,11-12H2,1-4H3/b22-20-. The van der Waals surface area contributed by atoms with Crippen LogP contribution in [0.1, 0.15) is 48.6 Å². The van der Waals surface area contributed by atoms with E-state index in [0.29, 0.717) is 30.7 Å². The highest BCUT2D eigenvalue weighted by atomic mass is 16.5. The molecular weight excluding hydrogens is 380 g/mol. The number of amides is 1. The number of hydrogen-bond donors (Lipinski definition) is 1. The number of aliphatic hydroxyl groups is 1. The molecule has 1 amide bonds. The van der Waals surface area contributed by atoms with Crippen molar-refractivity contribution in [3.63, 3.8) is 0 Å². The molecule has 6 nitrogen and oxygen atoms in total. The average molecular weight is 408 g/mol. The maximum atomic E-state index is 12.9. The van der Waals surface area contributed by atoms with Crippen molar-refractivity contribution in [3.8, 4) is 0 Å². The molecule has 1 atom stereocenters. The number of nitrogens with zero attached hydrogens (tertiary/aromatic N) is 2. The number of rotatable bonds is 7. The maximum absolute atomic E-state index is 12.9. The highest BCUT2D eigenvalue weighted by molar-refractivity contribution is 6.46. The van der Waals surface area contributed by atoms with Gasteiger partial charge in [0.05, 0.1) is 17.7 Å². The van der Waals surface area contributed by atoms with Gasteiger partial charge in [-0.2, -0.15) is 0 Å². The summed E-state index contributed by atoms with van der Waals surface area (Å²) in [6.45, 7) is 8.65. The molecule has 1 saturated heterocycles. The summed E-state index contributed by atoms with van der Waals surface area (Å²) >= 11 is 0. The summed E-state index contributed by atoms with van der Waals surface area (Å²) in [6.07, 6.45) is 3.95. The van der Waals surface area contributed by atoms with E-state index in [0.717, 1.165) is 11.1 Å². The van der Waals surface area contributed by atoms with Crippen molar-refractivity contribution in [1.82, 2.24) is 9.88 Å². The lowest BCUT2D eigenvalue weighted by Gasteiger charge is -2.25. The van der Waals surface area contributed by atoms with E-state index in [1.807, 2.05) is 45.9 Å². The van der Waals surface area contributed by atoms with Crippen molar-refractivity contribution >= 4 is 17.4 Å². The van der Waals surface area contributed by atoms with Gasteiger partial charge in [-0.15, -0.1) is 0 Å². The minimum Gasteiger partial charge on any atom is -0.507 e. The van der Waals surface area contributed by atoms with Crippen molar-refractivity contribution in [3.05, 3.63) is 70.6 Å². The molecule has 0 aliphatic carbocycles. The van der Waals surface area contributed by atoms with Gasteiger partial charge in [0.25, 0.3) is 11.7 Å². The number of benzene rings is 1. The lowest BCUT2D eigenvalue weighted by Crippen LogP contribution is -2.31. The first-order valence-electron chi connectivity index (χ1n) is 10.2. The Hall–Kier alpha value is -2.99. The first-order chi connectivity index (χ1) is 14.3. The summed E-state index contributed by atoms with van der Waals surface area (Å²) in [7, 11) is 0. The SMILES string of the molecule is Cc1ccc(/C(O)=C2/C(=O)C(=O)N(CCCOC(C)C)C2c2cccnc2)cc1C. The summed E-state index contributed by atoms with van der Waals surface area (Å²) in [5.41, 5.74) is 3.39. The molecule has 1 unspecified atom stereocenters.